The van der Waals surface area contributed by atoms with Gasteiger partial charge < -0.3 is 14.9 Å². The van der Waals surface area contributed by atoms with Gasteiger partial charge in [0.15, 0.2) is 5.82 Å². The molecule has 0 radical (unpaired) electrons. The summed E-state index contributed by atoms with van der Waals surface area (Å²) in [6.45, 7) is 2.20. The van der Waals surface area contributed by atoms with E-state index in [9.17, 15) is 31.2 Å². The van der Waals surface area contributed by atoms with E-state index in [4.69, 9.17) is 9.63 Å². The molecule has 0 aliphatic heterocycles. The molecule has 0 aliphatic rings. The average Bonchev–Trinajstić information content (AvgIpc) is 3.45. The molecule has 234 valence electrons. The van der Waals surface area contributed by atoms with Gasteiger partial charge in [0.05, 0.1) is 10.9 Å². The molecule has 13 heteroatoms. The second-order valence-electron chi connectivity index (χ2n) is 10.3. The summed E-state index contributed by atoms with van der Waals surface area (Å²) in [4.78, 5) is 26.8. The number of aliphatic carboxylic acids is 1. The van der Waals surface area contributed by atoms with Gasteiger partial charge in [-0.1, -0.05) is 87.7 Å². The SMILES string of the molecule is CCCCCCCCCCCc1noc(-c2cccc(C(Cc3ccc(S(=O)(=O)C(F)(F)F)cc3)NC(=O)C(=O)O)c2)n1. The lowest BCUT2D eigenvalue weighted by Gasteiger charge is -2.19. The molecule has 1 unspecified atom stereocenters. The van der Waals surface area contributed by atoms with E-state index in [-0.39, 0.29) is 12.3 Å². The Kier molecular flexibility index (Phi) is 12.3. The van der Waals surface area contributed by atoms with Gasteiger partial charge in [-0.3, -0.25) is 4.79 Å². The van der Waals surface area contributed by atoms with Crippen molar-refractivity contribution in [1.82, 2.24) is 15.5 Å². The van der Waals surface area contributed by atoms with Crippen LogP contribution in [0.2, 0.25) is 0 Å². The summed E-state index contributed by atoms with van der Waals surface area (Å²) in [6, 6.07) is 9.73. The number of carbonyl (C=O) groups is 2. The van der Waals surface area contributed by atoms with E-state index in [1.165, 1.54) is 50.7 Å². The molecule has 3 aromatic rings. The van der Waals surface area contributed by atoms with Crippen LogP contribution >= 0.6 is 0 Å². The number of carboxylic acid groups (broad SMARTS) is 1. The van der Waals surface area contributed by atoms with E-state index < -0.39 is 38.2 Å². The summed E-state index contributed by atoms with van der Waals surface area (Å²) in [5.74, 6) is -2.19. The number of sulfone groups is 1. The zero-order valence-electron chi connectivity index (χ0n) is 23.9. The first-order valence-corrected chi connectivity index (χ1v) is 15.8. The van der Waals surface area contributed by atoms with Crippen molar-refractivity contribution < 1.29 is 40.8 Å². The Morgan fingerprint density at radius 2 is 1.58 bits per heavy atom. The van der Waals surface area contributed by atoms with E-state index in [0.29, 0.717) is 28.9 Å². The smallest absolute Gasteiger partial charge is 0.474 e. The fourth-order valence-corrected chi connectivity index (χ4v) is 5.36. The summed E-state index contributed by atoms with van der Waals surface area (Å²) in [7, 11) is -5.52. The van der Waals surface area contributed by atoms with Gasteiger partial charge in [-0.05, 0) is 48.2 Å². The molecular weight excluding hydrogens is 587 g/mol. The summed E-state index contributed by atoms with van der Waals surface area (Å²) in [5, 5.41) is 15.6. The average molecular weight is 624 g/mol. The predicted octanol–water partition coefficient (Wildman–Crippen LogP) is 6.59. The molecule has 43 heavy (non-hydrogen) atoms. The van der Waals surface area contributed by atoms with Crippen molar-refractivity contribution in [3.05, 3.63) is 65.5 Å². The van der Waals surface area contributed by atoms with Crippen LogP contribution in [0.1, 0.15) is 87.7 Å². The highest BCUT2D eigenvalue weighted by Gasteiger charge is 2.46. The highest BCUT2D eigenvalue weighted by molar-refractivity contribution is 7.92. The van der Waals surface area contributed by atoms with E-state index in [1.807, 2.05) is 0 Å². The lowest BCUT2D eigenvalue weighted by Crippen LogP contribution is -2.35. The number of alkyl halides is 3. The molecule has 3 rings (SSSR count). The zero-order valence-corrected chi connectivity index (χ0v) is 24.7. The third-order valence-corrected chi connectivity index (χ3v) is 8.49. The van der Waals surface area contributed by atoms with Crippen LogP contribution in [0, 0.1) is 0 Å². The molecule has 2 aromatic carbocycles. The minimum Gasteiger partial charge on any atom is -0.474 e. The molecule has 9 nitrogen and oxygen atoms in total. The van der Waals surface area contributed by atoms with E-state index >= 15 is 0 Å². The maximum absolute atomic E-state index is 12.9. The lowest BCUT2D eigenvalue weighted by molar-refractivity contribution is -0.150. The number of carbonyl (C=O) groups excluding carboxylic acids is 1. The van der Waals surface area contributed by atoms with Crippen LogP contribution in [0.15, 0.2) is 57.9 Å². The highest BCUT2D eigenvalue weighted by atomic mass is 32.2. The van der Waals surface area contributed by atoms with Gasteiger partial charge in [0.2, 0.25) is 0 Å². The number of nitrogens with zero attached hydrogens (tertiary/aromatic N) is 2. The number of halogens is 3. The molecule has 0 fully saturated rings. The van der Waals surface area contributed by atoms with Gasteiger partial charge in [-0.15, -0.1) is 0 Å². The predicted molar refractivity (Wildman–Crippen MR) is 153 cm³/mol. The summed E-state index contributed by atoms with van der Waals surface area (Å²) < 4.78 is 67.5. The molecule has 1 amide bonds. The van der Waals surface area contributed by atoms with E-state index in [2.05, 4.69) is 22.4 Å². The minimum atomic E-state index is -5.52. The van der Waals surface area contributed by atoms with Gasteiger partial charge in [0.1, 0.15) is 0 Å². The second kappa shape index (κ2) is 15.6. The van der Waals surface area contributed by atoms with Crippen molar-refractivity contribution in [2.75, 3.05) is 0 Å². The van der Waals surface area contributed by atoms with Gasteiger partial charge in [0, 0.05) is 12.0 Å². The molecule has 1 atom stereocenters. The molecule has 0 spiro atoms. The normalized spacial score (nSPS) is 12.7. The Hall–Kier alpha value is -3.74. The third kappa shape index (κ3) is 9.91. The van der Waals surface area contributed by atoms with Crippen molar-refractivity contribution in [2.24, 2.45) is 0 Å². The van der Waals surface area contributed by atoms with Gasteiger partial charge in [-0.25, -0.2) is 13.2 Å². The number of aromatic nitrogens is 2. The second-order valence-corrected chi connectivity index (χ2v) is 12.3. The first kappa shape index (κ1) is 33.8. The number of aryl methyl sites for hydroxylation is 1. The van der Waals surface area contributed by atoms with Crippen molar-refractivity contribution >= 4 is 21.7 Å². The van der Waals surface area contributed by atoms with Crippen molar-refractivity contribution in [3.8, 4) is 11.5 Å². The van der Waals surface area contributed by atoms with Crippen LogP contribution in [0.4, 0.5) is 13.2 Å². The number of unbranched alkanes of at least 4 members (excludes halogenated alkanes) is 8. The van der Waals surface area contributed by atoms with Gasteiger partial charge in [0.25, 0.3) is 15.7 Å². The van der Waals surface area contributed by atoms with E-state index in [1.54, 1.807) is 24.3 Å². The molecule has 0 saturated heterocycles. The minimum absolute atomic E-state index is 0.0392. The van der Waals surface area contributed by atoms with Crippen molar-refractivity contribution in [1.29, 1.82) is 0 Å². The number of rotatable bonds is 16. The number of hydrogen-bond donors (Lipinski definition) is 2. The van der Waals surface area contributed by atoms with Crippen LogP contribution in [0.5, 0.6) is 0 Å². The Morgan fingerprint density at radius 1 is 0.953 bits per heavy atom. The van der Waals surface area contributed by atoms with Crippen LogP contribution < -0.4 is 5.32 Å². The largest absolute Gasteiger partial charge is 0.501 e. The summed E-state index contributed by atoms with van der Waals surface area (Å²) in [5.41, 5.74) is -4.08. The van der Waals surface area contributed by atoms with Crippen molar-refractivity contribution in [3.63, 3.8) is 0 Å². The number of nitrogens with one attached hydrogen (secondary N) is 1. The van der Waals surface area contributed by atoms with Gasteiger partial charge >= 0.3 is 17.4 Å². The molecular formula is C30H36F3N3O6S. The molecule has 1 aromatic heterocycles. The molecule has 2 N–H and O–H groups in total. The van der Waals surface area contributed by atoms with Crippen LogP contribution in [-0.4, -0.2) is 41.0 Å². The fraction of sp³-hybridized carbons (Fsp3) is 0.467. The van der Waals surface area contributed by atoms with Gasteiger partial charge in [-0.2, -0.15) is 18.2 Å². The quantitative estimate of drug-likeness (QED) is 0.135. The lowest BCUT2D eigenvalue weighted by atomic mass is 9.97. The zero-order chi connectivity index (χ0) is 31.5. The Balaban J connectivity index is 1.68. The number of benzene rings is 2. The van der Waals surface area contributed by atoms with Crippen LogP contribution in [0.3, 0.4) is 0 Å². The van der Waals surface area contributed by atoms with Crippen LogP contribution in [0.25, 0.3) is 11.5 Å². The summed E-state index contributed by atoms with van der Waals surface area (Å²) >= 11 is 0. The monoisotopic (exact) mass is 623 g/mol. The first-order valence-electron chi connectivity index (χ1n) is 14.3. The maximum atomic E-state index is 12.9. The van der Waals surface area contributed by atoms with Crippen molar-refractivity contribution in [2.45, 2.75) is 94.0 Å². The molecule has 1 heterocycles. The highest BCUT2D eigenvalue weighted by Crippen LogP contribution is 2.31. The first-order chi connectivity index (χ1) is 20.4. The Morgan fingerprint density at radius 3 is 2.19 bits per heavy atom. The number of hydrogen-bond acceptors (Lipinski definition) is 7. The molecule has 0 saturated carbocycles. The maximum Gasteiger partial charge on any atom is 0.501 e. The topological polar surface area (TPSA) is 139 Å². The summed E-state index contributed by atoms with van der Waals surface area (Å²) in [6.07, 6.45) is 11.3. The Labute approximate surface area is 248 Å². The Bertz CT molecular complexity index is 1460. The number of amides is 1. The molecule has 0 bridgehead atoms. The standard InChI is InChI=1S/C30H36F3N3O6S/c1-2-3-4-5-6-7-8-9-10-14-26-35-28(42-36-26)23-13-11-12-22(20-23)25(34-27(37)29(38)39)19-21-15-17-24(18-16-21)43(40,41)30(31,32)33/h11-13,15-18,20,25H,2-10,14,19H2,1H3,(H,34,37)(H,38,39). The number of carboxylic acids is 1. The third-order valence-electron chi connectivity index (χ3n) is 6.99. The van der Waals surface area contributed by atoms with E-state index in [0.717, 1.165) is 31.4 Å². The van der Waals surface area contributed by atoms with Crippen LogP contribution in [-0.2, 0) is 32.3 Å². The fourth-order valence-electron chi connectivity index (χ4n) is 4.60. The molecule has 0 aliphatic carbocycles.